The Labute approximate surface area is 113 Å². The Hall–Kier alpha value is -1.93. The molecule has 1 aromatic carbocycles. The van der Waals surface area contributed by atoms with Gasteiger partial charge in [0.25, 0.3) is 0 Å². The van der Waals surface area contributed by atoms with Crippen LogP contribution in [0.15, 0.2) is 28.9 Å². The van der Waals surface area contributed by atoms with Crippen LogP contribution in [0.25, 0.3) is 11.3 Å². The minimum atomic E-state index is 0.568. The maximum Gasteiger partial charge on any atom is 0.128 e. The molecule has 0 radical (unpaired) electrons. The third kappa shape index (κ3) is 2.49. The molecule has 5 heteroatoms. The van der Waals surface area contributed by atoms with Gasteiger partial charge in [-0.2, -0.15) is 5.26 Å². The molecule has 90 valence electrons. The maximum absolute atomic E-state index is 8.95. The Morgan fingerprint density at radius 3 is 2.67 bits per heavy atom. The first-order valence-corrected chi connectivity index (χ1v) is 6.03. The van der Waals surface area contributed by atoms with Crippen molar-refractivity contribution in [2.24, 2.45) is 0 Å². The summed E-state index contributed by atoms with van der Waals surface area (Å²) in [4.78, 5) is 8.52. The van der Waals surface area contributed by atoms with Crippen molar-refractivity contribution >= 4 is 15.9 Å². The summed E-state index contributed by atoms with van der Waals surface area (Å²) >= 11 is 3.34. The van der Waals surface area contributed by atoms with E-state index in [4.69, 9.17) is 10.00 Å². The predicted octanol–water partition coefficient (Wildman–Crippen LogP) is 3.09. The monoisotopic (exact) mass is 303 g/mol. The second-order valence-electron chi connectivity index (χ2n) is 3.65. The second-order valence-corrected chi connectivity index (χ2v) is 4.46. The molecular weight excluding hydrogens is 294 g/mol. The number of nitrogens with zero attached hydrogens (tertiary/aromatic N) is 3. The fourth-order valence-electron chi connectivity index (χ4n) is 1.65. The average molecular weight is 304 g/mol. The highest BCUT2D eigenvalue weighted by molar-refractivity contribution is 9.10. The van der Waals surface area contributed by atoms with Crippen molar-refractivity contribution in [3.8, 4) is 23.1 Å². The molecule has 0 fully saturated rings. The fourth-order valence-corrected chi connectivity index (χ4v) is 2.12. The van der Waals surface area contributed by atoms with Crippen LogP contribution in [0, 0.1) is 18.3 Å². The number of ether oxygens (including phenoxy) is 1. The summed E-state index contributed by atoms with van der Waals surface area (Å²) in [7, 11) is 1.59. The standard InChI is InChI=1S/C13H10BrN3O/c1-8-16-11(6-13(14)17-8)10-5-9(7-15)3-4-12(10)18-2/h3-6H,1-2H3. The van der Waals surface area contributed by atoms with Crippen LogP contribution in [-0.4, -0.2) is 17.1 Å². The SMILES string of the molecule is COc1ccc(C#N)cc1-c1cc(Br)nc(C)n1. The van der Waals surface area contributed by atoms with E-state index in [1.54, 1.807) is 31.4 Å². The van der Waals surface area contributed by atoms with Crippen LogP contribution >= 0.6 is 15.9 Å². The lowest BCUT2D eigenvalue weighted by Crippen LogP contribution is -1.95. The van der Waals surface area contributed by atoms with Crippen molar-refractivity contribution in [2.45, 2.75) is 6.92 Å². The van der Waals surface area contributed by atoms with Gasteiger partial charge in [0.15, 0.2) is 0 Å². The van der Waals surface area contributed by atoms with Crippen LogP contribution in [0.1, 0.15) is 11.4 Å². The molecule has 2 rings (SSSR count). The number of benzene rings is 1. The Bertz CT molecular complexity index is 614. The molecular formula is C13H10BrN3O. The van der Waals surface area contributed by atoms with Gasteiger partial charge in [-0.3, -0.25) is 0 Å². The van der Waals surface area contributed by atoms with E-state index in [-0.39, 0.29) is 0 Å². The van der Waals surface area contributed by atoms with E-state index in [1.165, 1.54) is 0 Å². The molecule has 1 heterocycles. The van der Waals surface area contributed by atoms with Crippen LogP contribution in [0.4, 0.5) is 0 Å². The summed E-state index contributed by atoms with van der Waals surface area (Å²) in [6, 6.07) is 9.14. The van der Waals surface area contributed by atoms with Crippen LogP contribution in [0.5, 0.6) is 5.75 Å². The predicted molar refractivity (Wildman–Crippen MR) is 71.2 cm³/mol. The zero-order chi connectivity index (χ0) is 13.1. The number of aromatic nitrogens is 2. The van der Waals surface area contributed by atoms with E-state index >= 15 is 0 Å². The van der Waals surface area contributed by atoms with Crippen molar-refractivity contribution in [1.82, 2.24) is 9.97 Å². The van der Waals surface area contributed by atoms with Gasteiger partial charge in [0.2, 0.25) is 0 Å². The lowest BCUT2D eigenvalue weighted by atomic mass is 10.1. The largest absolute Gasteiger partial charge is 0.496 e. The lowest BCUT2D eigenvalue weighted by molar-refractivity contribution is 0.416. The van der Waals surface area contributed by atoms with Gasteiger partial charge >= 0.3 is 0 Å². The van der Waals surface area contributed by atoms with Crippen LogP contribution in [-0.2, 0) is 0 Å². The maximum atomic E-state index is 8.95. The number of methoxy groups -OCH3 is 1. The highest BCUT2D eigenvalue weighted by Crippen LogP contribution is 2.30. The van der Waals surface area contributed by atoms with Gasteiger partial charge in [0, 0.05) is 5.56 Å². The molecule has 0 bridgehead atoms. The normalized spacial score (nSPS) is 9.89. The van der Waals surface area contributed by atoms with Crippen molar-refractivity contribution in [1.29, 1.82) is 5.26 Å². The van der Waals surface area contributed by atoms with Gasteiger partial charge in [0.05, 0.1) is 24.4 Å². The highest BCUT2D eigenvalue weighted by Gasteiger charge is 2.10. The molecule has 0 unspecified atom stereocenters. The summed E-state index contributed by atoms with van der Waals surface area (Å²) in [5.41, 5.74) is 2.07. The number of aryl methyl sites for hydroxylation is 1. The summed E-state index contributed by atoms with van der Waals surface area (Å²) < 4.78 is 6.00. The third-order valence-corrected chi connectivity index (χ3v) is 2.82. The first-order chi connectivity index (χ1) is 8.63. The topological polar surface area (TPSA) is 58.8 Å². The summed E-state index contributed by atoms with van der Waals surface area (Å²) in [5.74, 6) is 1.34. The number of halogens is 1. The van der Waals surface area contributed by atoms with Gasteiger partial charge in [-0.25, -0.2) is 9.97 Å². The van der Waals surface area contributed by atoms with E-state index in [0.29, 0.717) is 21.7 Å². The molecule has 4 nitrogen and oxygen atoms in total. The smallest absolute Gasteiger partial charge is 0.128 e. The minimum Gasteiger partial charge on any atom is -0.496 e. The molecule has 0 spiro atoms. The summed E-state index contributed by atoms with van der Waals surface area (Å²) in [5, 5.41) is 8.95. The molecule has 0 amide bonds. The van der Waals surface area contributed by atoms with Gasteiger partial charge in [-0.05, 0) is 47.1 Å². The van der Waals surface area contributed by atoms with Gasteiger partial charge in [0.1, 0.15) is 16.2 Å². The van der Waals surface area contributed by atoms with Gasteiger partial charge in [-0.15, -0.1) is 0 Å². The number of nitriles is 1. The third-order valence-electron chi connectivity index (χ3n) is 2.41. The lowest BCUT2D eigenvalue weighted by Gasteiger charge is -2.09. The average Bonchev–Trinajstić information content (AvgIpc) is 2.36. The Balaban J connectivity index is 2.65. The van der Waals surface area contributed by atoms with E-state index in [2.05, 4.69) is 32.0 Å². The molecule has 18 heavy (non-hydrogen) atoms. The Morgan fingerprint density at radius 2 is 2.06 bits per heavy atom. The summed E-state index contributed by atoms with van der Waals surface area (Å²) in [6.07, 6.45) is 0. The molecule has 0 atom stereocenters. The number of hydrogen-bond donors (Lipinski definition) is 0. The van der Waals surface area contributed by atoms with Crippen LogP contribution in [0.2, 0.25) is 0 Å². The quantitative estimate of drug-likeness (QED) is 0.800. The second kappa shape index (κ2) is 5.15. The van der Waals surface area contributed by atoms with E-state index in [9.17, 15) is 0 Å². The minimum absolute atomic E-state index is 0.568. The molecule has 0 aliphatic heterocycles. The Morgan fingerprint density at radius 1 is 1.28 bits per heavy atom. The molecule has 0 saturated heterocycles. The van der Waals surface area contributed by atoms with Crippen molar-refractivity contribution in [3.05, 3.63) is 40.3 Å². The molecule has 0 aliphatic carbocycles. The van der Waals surface area contributed by atoms with Crippen LogP contribution in [0.3, 0.4) is 0 Å². The molecule has 1 aromatic heterocycles. The summed E-state index contributed by atoms with van der Waals surface area (Å²) in [6.45, 7) is 1.81. The van der Waals surface area contributed by atoms with E-state index in [0.717, 1.165) is 11.3 Å². The van der Waals surface area contributed by atoms with Crippen molar-refractivity contribution < 1.29 is 4.74 Å². The fraction of sp³-hybridized carbons (Fsp3) is 0.154. The first kappa shape index (κ1) is 12.5. The molecule has 2 aromatic rings. The van der Waals surface area contributed by atoms with Crippen LogP contribution < -0.4 is 4.74 Å². The van der Waals surface area contributed by atoms with Crippen molar-refractivity contribution in [2.75, 3.05) is 7.11 Å². The van der Waals surface area contributed by atoms with E-state index in [1.807, 2.05) is 6.92 Å². The first-order valence-electron chi connectivity index (χ1n) is 5.23. The van der Waals surface area contributed by atoms with Crippen molar-refractivity contribution in [3.63, 3.8) is 0 Å². The zero-order valence-electron chi connectivity index (χ0n) is 9.94. The van der Waals surface area contributed by atoms with E-state index < -0.39 is 0 Å². The van der Waals surface area contributed by atoms with Gasteiger partial charge < -0.3 is 4.74 Å². The Kier molecular flexibility index (Phi) is 3.58. The molecule has 0 N–H and O–H groups in total. The molecule has 0 saturated carbocycles. The number of rotatable bonds is 2. The highest BCUT2D eigenvalue weighted by atomic mass is 79.9. The van der Waals surface area contributed by atoms with Gasteiger partial charge in [-0.1, -0.05) is 0 Å². The number of hydrogen-bond acceptors (Lipinski definition) is 4. The molecule has 0 aliphatic rings. The zero-order valence-corrected chi connectivity index (χ0v) is 11.5.